The number of hydrogen-bond acceptors (Lipinski definition) is 17. The number of anilines is 4. The van der Waals surface area contributed by atoms with E-state index in [1.165, 1.54) is 37.8 Å². The minimum atomic E-state index is -0.988. The van der Waals surface area contributed by atoms with Crippen molar-refractivity contribution in [3.05, 3.63) is 143 Å². The highest BCUT2D eigenvalue weighted by atomic mass is 16.6. The van der Waals surface area contributed by atoms with E-state index in [1.54, 1.807) is 4.90 Å². The number of likely N-dealkylation sites (tertiary alicyclic amines) is 1. The molecule has 7 aromatic rings. The van der Waals surface area contributed by atoms with Crippen LogP contribution in [0.1, 0.15) is 80.5 Å². The zero-order valence-corrected chi connectivity index (χ0v) is 50.7. The summed E-state index contributed by atoms with van der Waals surface area (Å²) in [6.07, 6.45) is 4.84. The lowest BCUT2D eigenvalue weighted by atomic mass is 10.0. The monoisotopic (exact) mass is 1190 g/mol. The molecule has 5 aromatic carbocycles. The number of nitrogens with one attached hydrogen (secondary N) is 1. The molecule has 20 heteroatoms. The fourth-order valence-electron chi connectivity index (χ4n) is 13.6. The van der Waals surface area contributed by atoms with Crippen molar-refractivity contribution in [2.24, 2.45) is 0 Å². The number of amides is 2. The molecule has 456 valence electrons. The molecule has 0 bridgehead atoms. The molecule has 8 heterocycles. The molecular formula is C68H78N14O6. The van der Waals surface area contributed by atoms with Crippen LogP contribution in [-0.2, 0) is 37.3 Å². The third kappa shape index (κ3) is 12.9. The Bertz CT molecular complexity index is 3730. The molecular weight excluding hydrogens is 1110 g/mol. The van der Waals surface area contributed by atoms with E-state index in [4.69, 9.17) is 34.1 Å². The lowest BCUT2D eigenvalue weighted by molar-refractivity contribution is 0.0767. The molecule has 0 radical (unpaired) electrons. The van der Waals surface area contributed by atoms with Gasteiger partial charge in [0, 0.05) is 91.2 Å². The third-order valence-electron chi connectivity index (χ3n) is 18.8. The van der Waals surface area contributed by atoms with E-state index in [0.717, 1.165) is 104 Å². The molecule has 2 aromatic heterocycles. The molecule has 4 atom stereocenters. The van der Waals surface area contributed by atoms with Crippen molar-refractivity contribution < 1.29 is 28.9 Å². The number of ether oxygens (including phenoxy) is 3. The molecule has 13 rings (SSSR count). The van der Waals surface area contributed by atoms with E-state index < -0.39 is 18.2 Å². The molecule has 6 aliphatic heterocycles. The number of piperazine rings is 2. The minimum Gasteiger partial charge on any atom is -0.465 e. The van der Waals surface area contributed by atoms with Gasteiger partial charge in [-0.05, 0) is 101 Å². The van der Waals surface area contributed by atoms with Gasteiger partial charge in [-0.25, -0.2) is 9.59 Å². The normalized spacial score (nSPS) is 21.9. The predicted molar refractivity (Wildman–Crippen MR) is 339 cm³/mol. The number of fused-ring (bicyclic) bond motifs is 4. The van der Waals surface area contributed by atoms with Crippen LogP contribution in [0, 0.1) is 22.7 Å². The molecule has 0 aliphatic carbocycles. The molecule has 20 nitrogen and oxygen atoms in total. The van der Waals surface area contributed by atoms with Crippen LogP contribution < -0.4 is 34.4 Å². The molecule has 2 N–H and O–H groups in total. The van der Waals surface area contributed by atoms with Crippen molar-refractivity contribution >= 4 is 56.7 Å². The first kappa shape index (κ1) is 59.4. The standard InChI is InChI=1S/C37H41N7O3.C31H37N7O3/c1-37(17-8-19-39-37)26-47-35-40-32-24-42(33-14-7-12-28-11-5-6-13-30(28)33)20-16-31(32)34(41-35)43-21-22-44(29(23-43)15-18-38)36(45)46-25-27-9-3-2-4-10-27;1-31(13-6-15-35(31)2)21-41-29-33-26-20-36(27-10-5-8-22-7-3-4-9-24(22)27)16-12-25(26)28(34-29)37-17-18-38(30(39)40)23(19-37)11-14-32/h2-7,9-14,29,39H,8,15-17,19-26H2,1H3;3-5,7-10,23H,6,11-13,15-21H2,1-2H3,(H,39,40)/t29?,37-;23?,31-/m00/s1. The summed E-state index contributed by atoms with van der Waals surface area (Å²) in [7, 11) is 2.13. The Labute approximate surface area is 514 Å². The first-order chi connectivity index (χ1) is 42.9. The quantitative estimate of drug-likeness (QED) is 0.104. The minimum absolute atomic E-state index is 0.0700. The van der Waals surface area contributed by atoms with Gasteiger partial charge in [0.15, 0.2) is 0 Å². The van der Waals surface area contributed by atoms with Crippen molar-refractivity contribution in [2.75, 3.05) is 105 Å². The Morgan fingerprint density at radius 3 is 1.68 bits per heavy atom. The van der Waals surface area contributed by atoms with E-state index in [9.17, 15) is 25.2 Å². The zero-order chi connectivity index (χ0) is 60.8. The summed E-state index contributed by atoms with van der Waals surface area (Å²) in [5, 5.41) is 37.2. The van der Waals surface area contributed by atoms with Crippen LogP contribution in [0.3, 0.4) is 0 Å². The predicted octanol–water partition coefficient (Wildman–Crippen LogP) is 9.59. The van der Waals surface area contributed by atoms with Crippen molar-refractivity contribution in [1.29, 1.82) is 10.5 Å². The molecule has 2 amide bonds. The molecule has 6 aliphatic rings. The Morgan fingerprint density at radius 2 is 1.15 bits per heavy atom. The number of nitriles is 2. The number of carbonyl (C=O) groups is 2. The number of carboxylic acid groups (broad SMARTS) is 1. The third-order valence-corrected chi connectivity index (χ3v) is 18.8. The van der Waals surface area contributed by atoms with Gasteiger partial charge in [-0.1, -0.05) is 103 Å². The summed E-state index contributed by atoms with van der Waals surface area (Å²) >= 11 is 0. The number of hydrogen-bond donors (Lipinski definition) is 2. The van der Waals surface area contributed by atoms with Crippen LogP contribution in [0.5, 0.6) is 12.0 Å². The highest BCUT2D eigenvalue weighted by Gasteiger charge is 2.39. The van der Waals surface area contributed by atoms with Crippen molar-refractivity contribution in [1.82, 2.24) is 40.0 Å². The van der Waals surface area contributed by atoms with Gasteiger partial charge in [0.25, 0.3) is 0 Å². The van der Waals surface area contributed by atoms with Crippen LogP contribution in [-0.4, -0.2) is 161 Å². The van der Waals surface area contributed by atoms with Gasteiger partial charge < -0.3 is 54.0 Å². The largest absolute Gasteiger partial charge is 0.465 e. The molecule has 0 spiro atoms. The molecule has 0 saturated carbocycles. The van der Waals surface area contributed by atoms with Gasteiger partial charge in [-0.2, -0.15) is 30.5 Å². The summed E-state index contributed by atoms with van der Waals surface area (Å²) in [6.45, 7) is 13.2. The van der Waals surface area contributed by atoms with Gasteiger partial charge in [-0.3, -0.25) is 4.90 Å². The molecule has 4 saturated heterocycles. The van der Waals surface area contributed by atoms with Crippen LogP contribution >= 0.6 is 0 Å². The lowest BCUT2D eigenvalue weighted by Gasteiger charge is -2.42. The van der Waals surface area contributed by atoms with Crippen molar-refractivity contribution in [2.45, 2.75) is 108 Å². The maximum absolute atomic E-state index is 13.2. The number of carbonyl (C=O) groups excluding carboxylic acids is 1. The Morgan fingerprint density at radius 1 is 0.614 bits per heavy atom. The maximum atomic E-state index is 13.2. The van der Waals surface area contributed by atoms with Crippen LogP contribution in [0.25, 0.3) is 21.5 Å². The number of benzene rings is 5. The maximum Gasteiger partial charge on any atom is 0.410 e. The Balaban J connectivity index is 0.000000173. The van der Waals surface area contributed by atoms with Crippen LogP contribution in [0.2, 0.25) is 0 Å². The van der Waals surface area contributed by atoms with E-state index in [2.05, 4.69) is 148 Å². The second-order valence-electron chi connectivity index (χ2n) is 24.7. The van der Waals surface area contributed by atoms with E-state index in [1.807, 2.05) is 30.3 Å². The van der Waals surface area contributed by atoms with E-state index >= 15 is 0 Å². The highest BCUT2D eigenvalue weighted by molar-refractivity contribution is 5.95. The van der Waals surface area contributed by atoms with Gasteiger partial charge in [-0.15, -0.1) is 0 Å². The molecule has 4 fully saturated rings. The lowest BCUT2D eigenvalue weighted by Crippen LogP contribution is -2.55. The van der Waals surface area contributed by atoms with E-state index in [0.29, 0.717) is 77.6 Å². The second-order valence-corrected chi connectivity index (χ2v) is 24.7. The van der Waals surface area contributed by atoms with Crippen LogP contribution in [0.15, 0.2) is 115 Å². The average Bonchev–Trinajstić information content (AvgIpc) is 1.80. The van der Waals surface area contributed by atoms with Gasteiger partial charge in [0.05, 0.1) is 67.1 Å². The smallest absolute Gasteiger partial charge is 0.410 e. The second kappa shape index (κ2) is 26.2. The number of rotatable bonds is 14. The molecule has 88 heavy (non-hydrogen) atoms. The highest BCUT2D eigenvalue weighted by Crippen LogP contribution is 2.38. The van der Waals surface area contributed by atoms with Crippen molar-refractivity contribution in [3.63, 3.8) is 0 Å². The summed E-state index contributed by atoms with van der Waals surface area (Å²) in [5.41, 5.74) is 7.19. The fourth-order valence-corrected chi connectivity index (χ4v) is 13.6. The summed E-state index contributed by atoms with van der Waals surface area (Å²) in [6, 6.07) is 43.9. The van der Waals surface area contributed by atoms with Crippen molar-refractivity contribution in [3.8, 4) is 24.2 Å². The Kier molecular flexibility index (Phi) is 17.6. The number of likely N-dealkylation sites (N-methyl/N-ethyl adjacent to an activating group) is 1. The zero-order valence-electron chi connectivity index (χ0n) is 50.7. The summed E-state index contributed by atoms with van der Waals surface area (Å²) < 4.78 is 18.4. The number of nitrogens with zero attached hydrogens (tertiary/aromatic N) is 13. The van der Waals surface area contributed by atoms with Gasteiger partial charge in [0.2, 0.25) is 0 Å². The van der Waals surface area contributed by atoms with E-state index in [-0.39, 0.29) is 36.6 Å². The topological polar surface area (TPSA) is 216 Å². The van der Waals surface area contributed by atoms with Crippen LogP contribution in [0.4, 0.5) is 32.6 Å². The molecule has 2 unspecified atom stereocenters. The van der Waals surface area contributed by atoms with Gasteiger partial charge in [0.1, 0.15) is 31.5 Å². The summed E-state index contributed by atoms with van der Waals surface area (Å²) in [5.74, 6) is 1.65. The SMILES string of the molecule is CN1CCC[C@@]1(C)COc1nc2c(c(N3CCN(C(=O)O)C(CC#N)C3)n1)CCN(c1cccc3ccccc13)C2.C[C@@]1(COc2nc3c(c(N4CCN(C(=O)OCc5ccccc5)C(CC#N)C4)n2)CCN(c2cccc4ccccc24)C3)CCCN1. The first-order valence-corrected chi connectivity index (χ1v) is 31.0. The summed E-state index contributed by atoms with van der Waals surface area (Å²) in [4.78, 5) is 59.5. The first-order valence-electron chi connectivity index (χ1n) is 31.0. The number of aromatic nitrogens is 4. The fraction of sp³-hybridized carbons (Fsp3) is 0.441. The Hall–Kier alpha value is -8.98. The average molecular weight is 1190 g/mol. The van der Waals surface area contributed by atoms with Gasteiger partial charge >= 0.3 is 24.2 Å².